The molecule has 0 spiro atoms. The molecule has 31 heavy (non-hydrogen) atoms. The van der Waals surface area contributed by atoms with Gasteiger partial charge in [0.25, 0.3) is 0 Å². The summed E-state index contributed by atoms with van der Waals surface area (Å²) >= 11 is 0. The molecule has 3 rings (SSSR count). The van der Waals surface area contributed by atoms with Crippen molar-refractivity contribution in [1.82, 2.24) is 4.90 Å². The second-order valence-electron chi connectivity index (χ2n) is 7.89. The molecule has 0 amide bonds. The van der Waals surface area contributed by atoms with Crippen LogP contribution in [-0.4, -0.2) is 42.9 Å². The maximum atomic E-state index is 10.6. The first-order valence-electron chi connectivity index (χ1n) is 10.8. The van der Waals surface area contributed by atoms with Crippen molar-refractivity contribution in [3.05, 3.63) is 95.3 Å². The van der Waals surface area contributed by atoms with E-state index >= 15 is 0 Å². The van der Waals surface area contributed by atoms with Crippen molar-refractivity contribution in [1.29, 1.82) is 0 Å². The molecule has 1 aliphatic rings. The van der Waals surface area contributed by atoms with Gasteiger partial charge in [-0.2, -0.15) is 0 Å². The van der Waals surface area contributed by atoms with Gasteiger partial charge >= 0.3 is 0 Å². The lowest BCUT2D eigenvalue weighted by atomic mass is 9.99. The fourth-order valence-electron chi connectivity index (χ4n) is 3.95. The predicted octanol–water partition coefficient (Wildman–Crippen LogP) is 4.91. The summed E-state index contributed by atoms with van der Waals surface area (Å²) in [6.45, 7) is 10.6. The number of nitrogens with zero attached hydrogens (tertiary/aromatic N) is 1. The van der Waals surface area contributed by atoms with Crippen LogP contribution in [0.15, 0.2) is 73.0 Å². The Morgan fingerprint density at radius 3 is 2.68 bits per heavy atom. The van der Waals surface area contributed by atoms with Gasteiger partial charge in [0.1, 0.15) is 24.2 Å². The summed E-state index contributed by atoms with van der Waals surface area (Å²) in [5, 5.41) is 10.6. The van der Waals surface area contributed by atoms with E-state index in [4.69, 9.17) is 9.47 Å². The zero-order chi connectivity index (χ0) is 22.2. The van der Waals surface area contributed by atoms with E-state index in [1.54, 1.807) is 7.11 Å². The molecule has 4 heteroatoms. The molecule has 4 nitrogen and oxygen atoms in total. The summed E-state index contributed by atoms with van der Waals surface area (Å²) in [5.74, 6) is 1.55. The molecule has 0 aromatic heterocycles. The van der Waals surface area contributed by atoms with E-state index in [0.29, 0.717) is 12.3 Å². The Bertz CT molecular complexity index is 961. The number of hydrogen-bond donors (Lipinski definition) is 1. The smallest absolute Gasteiger partial charge is 0.119 e. The highest BCUT2D eigenvalue weighted by atomic mass is 16.5. The van der Waals surface area contributed by atoms with Crippen molar-refractivity contribution < 1.29 is 14.6 Å². The summed E-state index contributed by atoms with van der Waals surface area (Å²) in [4.78, 5) is 2.29. The fourth-order valence-corrected chi connectivity index (χ4v) is 3.95. The number of aliphatic hydroxyl groups excluding tert-OH is 1. The van der Waals surface area contributed by atoms with Gasteiger partial charge in [0.05, 0.1) is 7.11 Å². The molecule has 2 aromatic carbocycles. The molecule has 2 aromatic rings. The lowest BCUT2D eigenvalue weighted by Crippen LogP contribution is -2.38. The van der Waals surface area contributed by atoms with Crippen LogP contribution in [0, 0.1) is 6.92 Å². The number of β-amino-alcohol motifs (C(OH)–C–C–N with tert-alkyl or cyclic N) is 1. The minimum absolute atomic E-state index is 0.250. The topological polar surface area (TPSA) is 41.9 Å². The standard InChI is InChI=1S/C27H33NO3/c1-5-21(27-12-11-26(30-4)15-20(27)3)16-25(6-2)31-19-24(29)18-28-14-13-22-9-7-8-10-23(22)17-28/h5-12,15-16,24,29H,1,13-14,17-19H2,2-4H3/b21-16+,25-6+. The summed E-state index contributed by atoms with van der Waals surface area (Å²) in [7, 11) is 1.67. The van der Waals surface area contributed by atoms with Gasteiger partial charge in [-0.25, -0.2) is 0 Å². The summed E-state index contributed by atoms with van der Waals surface area (Å²) in [6, 6.07) is 14.5. The number of allylic oxidation sites excluding steroid dienone is 4. The van der Waals surface area contributed by atoms with Crippen molar-refractivity contribution in [3.8, 4) is 5.75 Å². The Hall–Kier alpha value is -2.82. The SMILES string of the molecule is C=C/C(=C\C(=C/C)OCC(O)CN1CCc2ccccc2C1)c1ccc(OC)cc1C. The van der Waals surface area contributed by atoms with E-state index < -0.39 is 6.10 Å². The van der Waals surface area contributed by atoms with Crippen LogP contribution in [0.2, 0.25) is 0 Å². The Morgan fingerprint density at radius 1 is 1.23 bits per heavy atom. The van der Waals surface area contributed by atoms with E-state index in [1.165, 1.54) is 11.1 Å². The minimum Gasteiger partial charge on any atom is -0.497 e. The fraction of sp³-hybridized carbons (Fsp3) is 0.333. The van der Waals surface area contributed by atoms with Gasteiger partial charge in [0.2, 0.25) is 0 Å². The van der Waals surface area contributed by atoms with Gasteiger partial charge < -0.3 is 14.6 Å². The van der Waals surface area contributed by atoms with Gasteiger partial charge in [-0.15, -0.1) is 0 Å². The molecule has 0 bridgehead atoms. The summed E-state index contributed by atoms with van der Waals surface area (Å²) in [5.41, 5.74) is 5.91. The molecule has 1 unspecified atom stereocenters. The lowest BCUT2D eigenvalue weighted by Gasteiger charge is -2.30. The van der Waals surface area contributed by atoms with Crippen molar-refractivity contribution in [2.75, 3.05) is 26.8 Å². The van der Waals surface area contributed by atoms with Crippen LogP contribution in [0.4, 0.5) is 0 Å². The van der Waals surface area contributed by atoms with Crippen LogP contribution in [0.25, 0.3) is 5.57 Å². The quantitative estimate of drug-likeness (QED) is 0.463. The summed E-state index contributed by atoms with van der Waals surface area (Å²) in [6.07, 6.45) is 6.17. The van der Waals surface area contributed by atoms with Crippen LogP contribution >= 0.6 is 0 Å². The summed E-state index contributed by atoms with van der Waals surface area (Å²) < 4.78 is 11.2. The monoisotopic (exact) mass is 419 g/mol. The second kappa shape index (κ2) is 11.0. The molecule has 1 heterocycles. The van der Waals surface area contributed by atoms with Gasteiger partial charge in [-0.1, -0.05) is 43.0 Å². The predicted molar refractivity (Wildman–Crippen MR) is 127 cm³/mol. The van der Waals surface area contributed by atoms with E-state index in [-0.39, 0.29) is 6.61 Å². The average Bonchev–Trinajstić information content (AvgIpc) is 2.79. The van der Waals surface area contributed by atoms with Crippen LogP contribution in [0.3, 0.4) is 0 Å². The zero-order valence-corrected chi connectivity index (χ0v) is 18.8. The zero-order valence-electron chi connectivity index (χ0n) is 18.8. The Kier molecular flexibility index (Phi) is 8.10. The van der Waals surface area contributed by atoms with Crippen molar-refractivity contribution >= 4 is 5.57 Å². The minimum atomic E-state index is -0.552. The number of fused-ring (bicyclic) bond motifs is 1. The van der Waals surface area contributed by atoms with Crippen LogP contribution in [-0.2, 0) is 17.7 Å². The molecule has 0 fully saturated rings. The highest BCUT2D eigenvalue weighted by Crippen LogP contribution is 2.25. The van der Waals surface area contributed by atoms with E-state index in [0.717, 1.165) is 42.0 Å². The number of aliphatic hydroxyl groups is 1. The molecule has 0 saturated carbocycles. The van der Waals surface area contributed by atoms with Gasteiger partial charge in [-0.3, -0.25) is 4.90 Å². The van der Waals surface area contributed by atoms with Crippen molar-refractivity contribution in [2.24, 2.45) is 0 Å². The average molecular weight is 420 g/mol. The molecular formula is C27H33NO3. The molecule has 1 aliphatic heterocycles. The van der Waals surface area contributed by atoms with Crippen LogP contribution in [0.5, 0.6) is 5.75 Å². The third-order valence-corrected chi connectivity index (χ3v) is 5.67. The van der Waals surface area contributed by atoms with Crippen molar-refractivity contribution in [2.45, 2.75) is 32.9 Å². The van der Waals surface area contributed by atoms with Crippen LogP contribution in [0.1, 0.15) is 29.2 Å². The number of benzene rings is 2. The Morgan fingerprint density at radius 2 is 2.00 bits per heavy atom. The Balaban J connectivity index is 1.58. The first-order valence-corrected chi connectivity index (χ1v) is 10.8. The normalized spacial score (nSPS) is 15.9. The molecule has 164 valence electrons. The van der Waals surface area contributed by atoms with E-state index in [9.17, 15) is 5.11 Å². The highest BCUT2D eigenvalue weighted by molar-refractivity contribution is 5.77. The molecule has 1 N–H and O–H groups in total. The molecule has 1 atom stereocenters. The molecule has 0 aliphatic carbocycles. The lowest BCUT2D eigenvalue weighted by molar-refractivity contribution is 0.0423. The number of hydrogen-bond acceptors (Lipinski definition) is 4. The third-order valence-electron chi connectivity index (χ3n) is 5.67. The van der Waals surface area contributed by atoms with Crippen LogP contribution < -0.4 is 4.74 Å². The maximum Gasteiger partial charge on any atom is 0.119 e. The largest absolute Gasteiger partial charge is 0.497 e. The molecule has 0 radical (unpaired) electrons. The first-order chi connectivity index (χ1) is 15.0. The maximum absolute atomic E-state index is 10.6. The second-order valence-corrected chi connectivity index (χ2v) is 7.89. The number of ether oxygens (including phenoxy) is 2. The number of rotatable bonds is 9. The van der Waals surface area contributed by atoms with E-state index in [1.807, 2.05) is 50.3 Å². The number of methoxy groups -OCH3 is 1. The third kappa shape index (κ3) is 6.09. The van der Waals surface area contributed by atoms with Crippen molar-refractivity contribution in [3.63, 3.8) is 0 Å². The molecule has 0 saturated heterocycles. The first kappa shape index (κ1) is 22.9. The Labute approximate surface area is 186 Å². The van der Waals surface area contributed by atoms with Gasteiger partial charge in [0.15, 0.2) is 0 Å². The van der Waals surface area contributed by atoms with Gasteiger partial charge in [0, 0.05) is 19.6 Å². The number of aryl methyl sites for hydroxylation is 1. The van der Waals surface area contributed by atoms with E-state index in [2.05, 4.69) is 35.7 Å². The van der Waals surface area contributed by atoms with Gasteiger partial charge in [-0.05, 0) is 72.4 Å². The highest BCUT2D eigenvalue weighted by Gasteiger charge is 2.18. The molecular weight excluding hydrogens is 386 g/mol.